The van der Waals surface area contributed by atoms with Crippen molar-refractivity contribution in [3.05, 3.63) is 82.2 Å². The Balaban J connectivity index is 1.46. The smallest absolute Gasteiger partial charge is 0.340 e. The number of aromatic nitrogens is 8. The number of hydrogen-bond acceptors (Lipinski definition) is 10. The number of hydrogen-bond donors (Lipinski definition) is 0. The van der Waals surface area contributed by atoms with Gasteiger partial charge in [0.2, 0.25) is 0 Å². The normalized spacial score (nSPS) is 15.1. The molecule has 2 aromatic carbocycles. The molecule has 3 heterocycles. The quantitative estimate of drug-likeness (QED) is 0.325. The van der Waals surface area contributed by atoms with Crippen molar-refractivity contribution in [3.8, 4) is 11.5 Å². The minimum atomic E-state index is -0.342. The van der Waals surface area contributed by atoms with Crippen LogP contribution in [0.4, 0.5) is 0 Å². The topological polar surface area (TPSA) is 136 Å². The zero-order valence-electron chi connectivity index (χ0n) is 18.5. The first kappa shape index (κ1) is 21.0. The van der Waals surface area contributed by atoms with Gasteiger partial charge >= 0.3 is 5.63 Å². The molecule has 0 spiro atoms. The Morgan fingerprint density at radius 1 is 0.971 bits per heavy atom. The number of ether oxygens (including phenoxy) is 2. The van der Waals surface area contributed by atoms with Crippen LogP contribution in [0.2, 0.25) is 0 Å². The van der Waals surface area contributed by atoms with Crippen molar-refractivity contribution in [3.63, 3.8) is 0 Å². The summed E-state index contributed by atoms with van der Waals surface area (Å²) in [6, 6.07) is 13.5. The molecule has 35 heavy (non-hydrogen) atoms. The van der Waals surface area contributed by atoms with Gasteiger partial charge in [-0.25, -0.2) is 4.79 Å². The van der Waals surface area contributed by atoms with Crippen LogP contribution >= 0.6 is 0 Å². The Bertz CT molecular complexity index is 1500. The summed E-state index contributed by atoms with van der Waals surface area (Å²) >= 11 is 0. The SMILES string of the molecule is O=c1oc2cc(OCn3cnnn3)cc(OCn3cnnn3)c2c2c1C(c1ccccc1)CCC2. The highest BCUT2D eigenvalue weighted by molar-refractivity contribution is 5.89. The summed E-state index contributed by atoms with van der Waals surface area (Å²) < 4.78 is 20.7. The molecular weight excluding hydrogens is 452 g/mol. The van der Waals surface area contributed by atoms with E-state index >= 15 is 0 Å². The highest BCUT2D eigenvalue weighted by Crippen LogP contribution is 2.42. The fraction of sp³-hybridized carbons (Fsp3) is 0.261. The van der Waals surface area contributed by atoms with Gasteiger partial charge in [0.15, 0.2) is 13.5 Å². The molecule has 0 saturated heterocycles. The van der Waals surface area contributed by atoms with E-state index in [0.29, 0.717) is 22.6 Å². The molecule has 0 bridgehead atoms. The van der Waals surface area contributed by atoms with Gasteiger partial charge in [-0.15, -0.1) is 10.2 Å². The van der Waals surface area contributed by atoms with Gasteiger partial charge in [0.05, 0.1) is 5.39 Å². The molecular formula is C23H20N8O4. The summed E-state index contributed by atoms with van der Waals surface area (Å²) in [5, 5.41) is 22.9. The van der Waals surface area contributed by atoms with E-state index in [2.05, 4.69) is 43.2 Å². The average Bonchev–Trinajstić information content (AvgIpc) is 3.61. The standard InChI is InChI=1S/C23H20N8O4/c32-23-21-17(15-5-2-1-3-6-15)7-4-8-18(21)22-19(34-14-31-12-25-27-29-31)9-16(10-20(22)35-23)33-13-30-11-24-26-28-30/h1-3,5-6,9-12,17H,4,7-8,13-14H2. The van der Waals surface area contributed by atoms with Crippen molar-refractivity contribution in [1.29, 1.82) is 0 Å². The number of aryl methyl sites for hydroxylation is 1. The maximum absolute atomic E-state index is 13.3. The van der Waals surface area contributed by atoms with E-state index in [0.717, 1.165) is 35.8 Å². The largest absolute Gasteiger partial charge is 0.471 e. The lowest BCUT2D eigenvalue weighted by atomic mass is 9.78. The minimum absolute atomic E-state index is 0.0382. The summed E-state index contributed by atoms with van der Waals surface area (Å²) in [6.07, 6.45) is 5.46. The van der Waals surface area contributed by atoms with E-state index < -0.39 is 0 Å². The first-order chi connectivity index (χ1) is 17.3. The Labute approximate surface area is 198 Å². The summed E-state index contributed by atoms with van der Waals surface area (Å²) in [5.41, 5.74) is 2.77. The Morgan fingerprint density at radius 3 is 2.43 bits per heavy atom. The van der Waals surface area contributed by atoms with Crippen molar-refractivity contribution in [2.24, 2.45) is 0 Å². The van der Waals surface area contributed by atoms with Crippen molar-refractivity contribution in [2.75, 3.05) is 0 Å². The molecule has 12 heteroatoms. The molecule has 1 unspecified atom stereocenters. The van der Waals surface area contributed by atoms with E-state index in [1.54, 1.807) is 12.1 Å². The van der Waals surface area contributed by atoms with Crippen LogP contribution in [-0.4, -0.2) is 40.4 Å². The lowest BCUT2D eigenvalue weighted by Crippen LogP contribution is -2.21. The van der Waals surface area contributed by atoms with Gasteiger partial charge in [0.25, 0.3) is 0 Å². The van der Waals surface area contributed by atoms with E-state index in [1.165, 1.54) is 22.0 Å². The van der Waals surface area contributed by atoms with E-state index in [9.17, 15) is 4.79 Å². The number of rotatable bonds is 7. The second-order valence-electron chi connectivity index (χ2n) is 8.18. The lowest BCUT2D eigenvalue weighted by molar-refractivity contribution is 0.207. The summed E-state index contributed by atoms with van der Waals surface area (Å²) in [7, 11) is 0. The van der Waals surface area contributed by atoms with Gasteiger partial charge in [-0.3, -0.25) is 0 Å². The highest BCUT2D eigenvalue weighted by atomic mass is 16.5. The Morgan fingerprint density at radius 2 is 1.71 bits per heavy atom. The molecule has 1 atom stereocenters. The predicted molar refractivity (Wildman–Crippen MR) is 121 cm³/mol. The van der Waals surface area contributed by atoms with Gasteiger partial charge in [-0.2, -0.15) is 9.36 Å². The number of tetrazole rings is 2. The van der Waals surface area contributed by atoms with Crippen molar-refractivity contribution >= 4 is 11.0 Å². The van der Waals surface area contributed by atoms with Gasteiger partial charge in [-0.1, -0.05) is 30.3 Å². The van der Waals surface area contributed by atoms with Gasteiger partial charge in [0.1, 0.15) is 29.7 Å². The fourth-order valence-electron chi connectivity index (χ4n) is 4.57. The van der Waals surface area contributed by atoms with Crippen LogP contribution in [0.1, 0.15) is 35.4 Å². The van der Waals surface area contributed by atoms with E-state index in [-0.39, 0.29) is 25.0 Å². The molecule has 6 rings (SSSR count). The Kier molecular flexibility index (Phi) is 5.37. The van der Waals surface area contributed by atoms with Gasteiger partial charge < -0.3 is 13.9 Å². The summed E-state index contributed by atoms with van der Waals surface area (Å²) in [6.45, 7) is 0.157. The average molecular weight is 472 g/mol. The van der Waals surface area contributed by atoms with E-state index in [1.807, 2.05) is 18.2 Å². The number of benzene rings is 2. The number of nitrogens with zero attached hydrogens (tertiary/aromatic N) is 8. The molecule has 176 valence electrons. The van der Waals surface area contributed by atoms with Gasteiger partial charge in [0, 0.05) is 23.6 Å². The first-order valence-electron chi connectivity index (χ1n) is 11.1. The molecule has 12 nitrogen and oxygen atoms in total. The summed E-state index contributed by atoms with van der Waals surface area (Å²) in [4.78, 5) is 13.3. The lowest BCUT2D eigenvalue weighted by Gasteiger charge is -2.26. The monoisotopic (exact) mass is 472 g/mol. The van der Waals surface area contributed by atoms with Crippen LogP contribution in [0.15, 0.2) is 64.3 Å². The highest BCUT2D eigenvalue weighted by Gasteiger charge is 2.29. The maximum atomic E-state index is 13.3. The maximum Gasteiger partial charge on any atom is 0.340 e. The van der Waals surface area contributed by atoms with Crippen LogP contribution in [0, 0.1) is 0 Å². The second kappa shape index (κ2) is 8.97. The minimum Gasteiger partial charge on any atom is -0.471 e. The fourth-order valence-corrected chi connectivity index (χ4v) is 4.57. The van der Waals surface area contributed by atoms with Gasteiger partial charge in [-0.05, 0) is 51.2 Å². The zero-order valence-corrected chi connectivity index (χ0v) is 18.5. The van der Waals surface area contributed by atoms with Crippen LogP contribution in [0.25, 0.3) is 11.0 Å². The van der Waals surface area contributed by atoms with E-state index in [4.69, 9.17) is 13.9 Å². The molecule has 1 aliphatic carbocycles. The molecule has 0 N–H and O–H groups in total. The van der Waals surface area contributed by atoms with Crippen LogP contribution in [0.3, 0.4) is 0 Å². The third-order valence-corrected chi connectivity index (χ3v) is 6.06. The van der Waals surface area contributed by atoms with Crippen molar-refractivity contribution in [1.82, 2.24) is 40.4 Å². The molecule has 3 aromatic heterocycles. The number of fused-ring (bicyclic) bond motifs is 3. The predicted octanol–water partition coefficient (Wildman–Crippen LogP) is 2.31. The molecule has 5 aromatic rings. The molecule has 0 saturated carbocycles. The first-order valence-corrected chi connectivity index (χ1v) is 11.1. The van der Waals surface area contributed by atoms with Crippen molar-refractivity contribution < 1.29 is 13.9 Å². The third-order valence-electron chi connectivity index (χ3n) is 6.06. The summed E-state index contributed by atoms with van der Waals surface area (Å²) in [5.74, 6) is 0.917. The Hall–Kier alpha value is -4.61. The van der Waals surface area contributed by atoms with Crippen LogP contribution in [0.5, 0.6) is 11.5 Å². The van der Waals surface area contributed by atoms with Crippen molar-refractivity contribution in [2.45, 2.75) is 38.6 Å². The molecule has 0 radical (unpaired) electrons. The second-order valence-corrected chi connectivity index (χ2v) is 8.18. The molecule has 0 aliphatic heterocycles. The van der Waals surface area contributed by atoms with Crippen LogP contribution in [-0.2, 0) is 19.9 Å². The molecule has 1 aliphatic rings. The van der Waals surface area contributed by atoms with Crippen LogP contribution < -0.4 is 15.1 Å². The molecule has 0 fully saturated rings. The third kappa shape index (κ3) is 4.09. The molecule has 0 amide bonds. The zero-order chi connectivity index (χ0) is 23.6.